The Morgan fingerprint density at radius 2 is 1.56 bits per heavy atom. The van der Waals surface area contributed by atoms with E-state index < -0.39 is 15.6 Å². The lowest BCUT2D eigenvalue weighted by Gasteiger charge is -2.54. The van der Waals surface area contributed by atoms with E-state index in [1.807, 2.05) is 12.1 Å². The van der Waals surface area contributed by atoms with Crippen molar-refractivity contribution in [3.63, 3.8) is 0 Å². The molecule has 136 valence electrons. The van der Waals surface area contributed by atoms with Crippen molar-refractivity contribution >= 4 is 31.7 Å². The summed E-state index contributed by atoms with van der Waals surface area (Å²) in [5.74, 6) is 1.99. The number of amides is 1. The maximum Gasteiger partial charge on any atom is 0.235 e. The number of carbonyl (C=O) groups is 1. The Labute approximate surface area is 157 Å². The second-order valence-corrected chi connectivity index (χ2v) is 11.2. The smallest absolute Gasteiger partial charge is 0.235 e. The minimum Gasteiger partial charge on any atom is -0.352 e. The molecule has 0 atom stereocenters. The first kappa shape index (κ1) is 17.5. The fourth-order valence-electron chi connectivity index (χ4n) is 5.47. The summed E-state index contributed by atoms with van der Waals surface area (Å²) in [6.07, 6.45) is 6.22. The van der Waals surface area contributed by atoms with Gasteiger partial charge in [0.25, 0.3) is 0 Å². The molecule has 1 N–H and O–H groups in total. The second kappa shape index (κ2) is 6.69. The number of hydrogen-bond donors (Lipinski definition) is 1. The van der Waals surface area contributed by atoms with E-state index in [1.165, 1.54) is 32.1 Å². The predicted octanol–water partition coefficient (Wildman–Crippen LogP) is 3.30. The summed E-state index contributed by atoms with van der Waals surface area (Å²) >= 11 is 3.34. The van der Waals surface area contributed by atoms with Gasteiger partial charge in [0.2, 0.25) is 5.91 Å². The fraction of sp³-hybridized carbons (Fsp3) is 0.632. The summed E-state index contributed by atoms with van der Waals surface area (Å²) in [5, 5.41) is 3.09. The molecule has 1 aromatic carbocycles. The summed E-state index contributed by atoms with van der Waals surface area (Å²) in [6, 6.07) is 7.39. The van der Waals surface area contributed by atoms with Crippen LogP contribution in [0.3, 0.4) is 0 Å². The molecule has 25 heavy (non-hydrogen) atoms. The van der Waals surface area contributed by atoms with Crippen molar-refractivity contribution in [1.82, 2.24) is 5.32 Å². The maximum absolute atomic E-state index is 12.4. The van der Waals surface area contributed by atoms with Crippen LogP contribution in [0.5, 0.6) is 0 Å². The van der Waals surface area contributed by atoms with Crippen LogP contribution < -0.4 is 5.32 Å². The summed E-state index contributed by atoms with van der Waals surface area (Å²) < 4.78 is 25.7. The average molecular weight is 426 g/mol. The normalized spacial score (nSPS) is 33.4. The lowest BCUT2D eigenvalue weighted by atomic mass is 9.54. The molecule has 1 aromatic rings. The van der Waals surface area contributed by atoms with Gasteiger partial charge in [0.05, 0.1) is 5.75 Å². The lowest BCUT2D eigenvalue weighted by molar-refractivity contribution is -0.122. The van der Waals surface area contributed by atoms with E-state index in [2.05, 4.69) is 21.2 Å². The largest absolute Gasteiger partial charge is 0.352 e. The van der Waals surface area contributed by atoms with Crippen molar-refractivity contribution < 1.29 is 13.2 Å². The minimum atomic E-state index is -3.45. The van der Waals surface area contributed by atoms with Crippen LogP contribution in [0, 0.1) is 23.7 Å². The highest BCUT2D eigenvalue weighted by molar-refractivity contribution is 9.10. The van der Waals surface area contributed by atoms with Crippen LogP contribution in [-0.4, -0.2) is 26.1 Å². The number of halogens is 1. The first-order valence-corrected chi connectivity index (χ1v) is 11.7. The van der Waals surface area contributed by atoms with Crippen molar-refractivity contribution in [2.75, 3.05) is 5.75 Å². The van der Waals surface area contributed by atoms with Gasteiger partial charge in [0.1, 0.15) is 5.75 Å². The van der Waals surface area contributed by atoms with E-state index in [-0.39, 0.29) is 17.7 Å². The third-order valence-corrected chi connectivity index (χ3v) is 8.21. The standard InChI is InChI=1S/C19H24BrNO3S/c20-17-3-1-12(2-4-17)10-25(23,24)11-18(22)21-19-15-6-13-5-14(8-15)9-16(19)7-13/h1-4,13-16,19H,5-11H2,(H,21,22). The molecule has 4 nitrogen and oxygen atoms in total. The van der Waals surface area contributed by atoms with Crippen molar-refractivity contribution in [2.24, 2.45) is 23.7 Å². The van der Waals surface area contributed by atoms with E-state index in [1.54, 1.807) is 12.1 Å². The SMILES string of the molecule is O=C(CS(=O)(=O)Cc1ccc(Br)cc1)NC1C2CC3CC(C2)CC1C3. The van der Waals surface area contributed by atoms with Crippen LogP contribution in [0.15, 0.2) is 28.7 Å². The third kappa shape index (κ3) is 3.95. The molecule has 0 unspecified atom stereocenters. The van der Waals surface area contributed by atoms with Gasteiger partial charge in [-0.05, 0) is 73.5 Å². The number of sulfone groups is 1. The quantitative estimate of drug-likeness (QED) is 0.786. The van der Waals surface area contributed by atoms with Crippen LogP contribution in [0.2, 0.25) is 0 Å². The summed E-state index contributed by atoms with van der Waals surface area (Å²) in [7, 11) is -3.45. The molecule has 0 radical (unpaired) electrons. The molecule has 0 aliphatic heterocycles. The van der Waals surface area contributed by atoms with E-state index in [9.17, 15) is 13.2 Å². The maximum atomic E-state index is 12.4. The minimum absolute atomic E-state index is 0.0879. The van der Waals surface area contributed by atoms with Gasteiger partial charge in [-0.3, -0.25) is 4.79 Å². The van der Waals surface area contributed by atoms with Gasteiger partial charge in [-0.2, -0.15) is 0 Å². The topological polar surface area (TPSA) is 63.2 Å². The van der Waals surface area contributed by atoms with Crippen LogP contribution in [-0.2, 0) is 20.4 Å². The van der Waals surface area contributed by atoms with Gasteiger partial charge < -0.3 is 5.32 Å². The van der Waals surface area contributed by atoms with Crippen LogP contribution in [0.1, 0.15) is 37.7 Å². The number of benzene rings is 1. The highest BCUT2D eigenvalue weighted by atomic mass is 79.9. The molecule has 0 spiro atoms. The van der Waals surface area contributed by atoms with Gasteiger partial charge >= 0.3 is 0 Å². The molecule has 4 bridgehead atoms. The lowest BCUT2D eigenvalue weighted by Crippen LogP contribution is -2.56. The molecule has 4 saturated carbocycles. The van der Waals surface area contributed by atoms with Crippen LogP contribution in [0.4, 0.5) is 0 Å². The molecular weight excluding hydrogens is 402 g/mol. The van der Waals surface area contributed by atoms with Crippen LogP contribution >= 0.6 is 15.9 Å². The zero-order valence-electron chi connectivity index (χ0n) is 14.2. The highest BCUT2D eigenvalue weighted by Crippen LogP contribution is 2.53. The molecule has 4 fully saturated rings. The monoisotopic (exact) mass is 425 g/mol. The summed E-state index contributed by atoms with van der Waals surface area (Å²) in [5.41, 5.74) is 0.714. The van der Waals surface area contributed by atoms with Gasteiger partial charge in [0, 0.05) is 10.5 Å². The Kier molecular flexibility index (Phi) is 4.69. The molecule has 0 aromatic heterocycles. The first-order valence-electron chi connectivity index (χ1n) is 9.12. The molecular formula is C19H24BrNO3S. The average Bonchev–Trinajstić information content (AvgIpc) is 2.52. The van der Waals surface area contributed by atoms with Crippen molar-refractivity contribution in [1.29, 1.82) is 0 Å². The fourth-order valence-corrected chi connectivity index (χ4v) is 7.02. The molecule has 5 rings (SSSR count). The molecule has 4 aliphatic carbocycles. The zero-order valence-corrected chi connectivity index (χ0v) is 16.6. The van der Waals surface area contributed by atoms with Gasteiger partial charge in [-0.15, -0.1) is 0 Å². The molecule has 1 amide bonds. The summed E-state index contributed by atoms with van der Waals surface area (Å²) in [6.45, 7) is 0. The Hall–Kier alpha value is -0.880. The van der Waals surface area contributed by atoms with E-state index in [4.69, 9.17) is 0 Å². The van der Waals surface area contributed by atoms with Crippen LogP contribution in [0.25, 0.3) is 0 Å². The van der Waals surface area contributed by atoms with E-state index in [0.29, 0.717) is 17.4 Å². The Balaban J connectivity index is 1.36. The Morgan fingerprint density at radius 3 is 2.12 bits per heavy atom. The molecule has 6 heteroatoms. The Morgan fingerprint density at radius 1 is 1.00 bits per heavy atom. The number of carbonyl (C=O) groups excluding carboxylic acids is 1. The van der Waals surface area contributed by atoms with Crippen molar-refractivity contribution in [2.45, 2.75) is 43.9 Å². The molecule has 0 heterocycles. The summed E-state index contributed by atoms with van der Waals surface area (Å²) in [4.78, 5) is 12.4. The van der Waals surface area contributed by atoms with Gasteiger partial charge in [-0.1, -0.05) is 28.1 Å². The van der Waals surface area contributed by atoms with Gasteiger partial charge in [0.15, 0.2) is 9.84 Å². The third-order valence-electron chi connectivity index (χ3n) is 6.21. The zero-order chi connectivity index (χ0) is 17.6. The number of hydrogen-bond acceptors (Lipinski definition) is 3. The molecule has 0 saturated heterocycles. The van der Waals surface area contributed by atoms with Gasteiger partial charge in [-0.25, -0.2) is 8.42 Å². The van der Waals surface area contributed by atoms with Crippen molar-refractivity contribution in [3.8, 4) is 0 Å². The second-order valence-electron chi connectivity index (χ2n) is 8.18. The number of rotatable bonds is 5. The Bertz CT molecular complexity index is 731. The first-order chi connectivity index (χ1) is 11.9. The van der Waals surface area contributed by atoms with E-state index >= 15 is 0 Å². The van der Waals surface area contributed by atoms with Crippen molar-refractivity contribution in [3.05, 3.63) is 34.3 Å². The van der Waals surface area contributed by atoms with E-state index in [0.717, 1.165) is 16.3 Å². The highest BCUT2D eigenvalue weighted by Gasteiger charge is 2.48. The number of nitrogens with one attached hydrogen (secondary N) is 1. The molecule has 4 aliphatic rings. The predicted molar refractivity (Wildman–Crippen MR) is 101 cm³/mol.